The van der Waals surface area contributed by atoms with E-state index in [0.29, 0.717) is 0 Å². The van der Waals surface area contributed by atoms with Gasteiger partial charge in [0.05, 0.1) is 6.61 Å². The van der Waals surface area contributed by atoms with Crippen molar-refractivity contribution in [3.8, 4) is 0 Å². The van der Waals surface area contributed by atoms with Gasteiger partial charge in [0, 0.05) is 0 Å². The predicted octanol–water partition coefficient (Wildman–Crippen LogP) is -3.01. The summed E-state index contributed by atoms with van der Waals surface area (Å²) in [5, 5.41) is 36.1. The van der Waals surface area contributed by atoms with Crippen molar-refractivity contribution in [2.45, 2.75) is 24.1 Å². The molecule has 1 heterocycles. The first kappa shape index (κ1) is 9.56. The van der Waals surface area contributed by atoms with Crippen LogP contribution < -0.4 is 0 Å². The lowest BCUT2D eigenvalue weighted by atomic mass is 9.98. The quantitative estimate of drug-likeness (QED) is 0.318. The lowest BCUT2D eigenvalue weighted by Gasteiger charge is -2.37. The summed E-state index contributed by atoms with van der Waals surface area (Å²) in [6.45, 7) is -0.395. The van der Waals surface area contributed by atoms with Gasteiger partial charge in [-0.05, 0) is 0 Å². The van der Waals surface area contributed by atoms with Gasteiger partial charge in [0.2, 0.25) is 0 Å². The van der Waals surface area contributed by atoms with Gasteiger partial charge in [0.1, 0.15) is 18.3 Å². The fraction of sp³-hybridized carbons (Fsp3) is 0.833. The Bertz CT molecular complexity index is 183. The van der Waals surface area contributed by atoms with Crippen LogP contribution in [0.1, 0.15) is 0 Å². The molecular weight excluding hydrogens is 168 g/mol. The number of aldehydes is 1. The first-order chi connectivity index (χ1) is 5.51. The number of aliphatic hydroxyl groups excluding tert-OH is 3. The summed E-state index contributed by atoms with van der Waals surface area (Å²) in [4.78, 5) is 10.2. The molecule has 0 radical (unpaired) electrons. The summed E-state index contributed by atoms with van der Waals surface area (Å²) in [5.74, 6) is -2.40. The molecule has 1 rings (SSSR count). The highest BCUT2D eigenvalue weighted by Crippen LogP contribution is 2.21. The van der Waals surface area contributed by atoms with Gasteiger partial charge in [0.15, 0.2) is 6.29 Å². The molecule has 0 aromatic rings. The third kappa shape index (κ3) is 1.35. The van der Waals surface area contributed by atoms with Crippen LogP contribution >= 0.6 is 0 Å². The van der Waals surface area contributed by atoms with Gasteiger partial charge in [-0.2, -0.15) is 0 Å². The molecule has 4 atom stereocenters. The molecule has 1 saturated heterocycles. The molecule has 70 valence electrons. The smallest absolute Gasteiger partial charge is 0.253 e. The SMILES string of the molecule is O=CC1(O)OC[C@H](O)[C@@H](O)[C@@H]1O. The van der Waals surface area contributed by atoms with Crippen molar-refractivity contribution in [1.29, 1.82) is 0 Å². The Morgan fingerprint density at radius 2 is 2.00 bits per heavy atom. The molecule has 0 bridgehead atoms. The molecule has 6 heteroatoms. The van der Waals surface area contributed by atoms with E-state index in [1.807, 2.05) is 0 Å². The maximum Gasteiger partial charge on any atom is 0.253 e. The highest BCUT2D eigenvalue weighted by Gasteiger charge is 2.48. The van der Waals surface area contributed by atoms with Gasteiger partial charge < -0.3 is 25.2 Å². The van der Waals surface area contributed by atoms with Gasteiger partial charge in [-0.25, -0.2) is 0 Å². The number of aliphatic hydroxyl groups is 4. The van der Waals surface area contributed by atoms with Gasteiger partial charge in [0.25, 0.3) is 5.79 Å². The van der Waals surface area contributed by atoms with Crippen LogP contribution in [0.5, 0.6) is 0 Å². The van der Waals surface area contributed by atoms with Crippen molar-refractivity contribution in [3.05, 3.63) is 0 Å². The van der Waals surface area contributed by atoms with E-state index < -0.39 is 30.7 Å². The summed E-state index contributed by atoms with van der Waals surface area (Å²) >= 11 is 0. The topological polar surface area (TPSA) is 107 Å². The minimum absolute atomic E-state index is 0.0211. The summed E-state index contributed by atoms with van der Waals surface area (Å²) in [6, 6.07) is 0. The van der Waals surface area contributed by atoms with E-state index in [1.165, 1.54) is 0 Å². The van der Waals surface area contributed by atoms with Crippen molar-refractivity contribution in [1.82, 2.24) is 0 Å². The second kappa shape index (κ2) is 3.08. The summed E-state index contributed by atoms with van der Waals surface area (Å²) < 4.78 is 4.44. The van der Waals surface area contributed by atoms with Crippen molar-refractivity contribution < 1.29 is 30.0 Å². The number of ether oxygens (including phenoxy) is 1. The molecule has 1 unspecified atom stereocenters. The Balaban J connectivity index is 2.77. The average Bonchev–Trinajstić information content (AvgIpc) is 2.09. The predicted molar refractivity (Wildman–Crippen MR) is 35.0 cm³/mol. The average molecular weight is 178 g/mol. The van der Waals surface area contributed by atoms with E-state index in [2.05, 4.69) is 4.74 Å². The number of carbonyl (C=O) groups is 1. The van der Waals surface area contributed by atoms with Gasteiger partial charge >= 0.3 is 0 Å². The molecule has 0 aromatic heterocycles. The van der Waals surface area contributed by atoms with Crippen LogP contribution in [-0.4, -0.2) is 57.4 Å². The molecule has 0 aromatic carbocycles. The van der Waals surface area contributed by atoms with Crippen LogP contribution in [0.4, 0.5) is 0 Å². The lowest BCUT2D eigenvalue weighted by molar-refractivity contribution is -0.297. The Labute approximate surface area is 68.0 Å². The third-order valence-corrected chi connectivity index (χ3v) is 1.80. The van der Waals surface area contributed by atoms with E-state index in [9.17, 15) is 4.79 Å². The molecule has 12 heavy (non-hydrogen) atoms. The maximum absolute atomic E-state index is 10.2. The normalized spacial score (nSPS) is 48.8. The highest BCUT2D eigenvalue weighted by atomic mass is 16.7. The molecule has 0 amide bonds. The molecule has 1 aliphatic heterocycles. The minimum Gasteiger partial charge on any atom is -0.388 e. The zero-order valence-electron chi connectivity index (χ0n) is 6.12. The van der Waals surface area contributed by atoms with Gasteiger partial charge in [-0.15, -0.1) is 0 Å². The number of hydrogen-bond donors (Lipinski definition) is 4. The second-order valence-electron chi connectivity index (χ2n) is 2.68. The molecule has 1 aliphatic rings. The number of carbonyl (C=O) groups excluding carboxylic acids is 1. The molecular formula is C6H10O6. The van der Waals surface area contributed by atoms with E-state index in [-0.39, 0.29) is 6.29 Å². The largest absolute Gasteiger partial charge is 0.388 e. The standard InChI is InChI=1S/C6H10O6/c7-2-6(11)5(10)4(9)3(8)1-12-6/h2-5,8-11H,1H2/t3-,4+,5-,6?/m0/s1. The van der Waals surface area contributed by atoms with E-state index >= 15 is 0 Å². The zero-order chi connectivity index (χ0) is 9.35. The molecule has 0 saturated carbocycles. The summed E-state index contributed by atoms with van der Waals surface area (Å²) in [7, 11) is 0. The molecule has 4 N–H and O–H groups in total. The third-order valence-electron chi connectivity index (χ3n) is 1.80. The van der Waals surface area contributed by atoms with Crippen LogP contribution in [0.15, 0.2) is 0 Å². The highest BCUT2D eigenvalue weighted by molar-refractivity contribution is 5.61. The van der Waals surface area contributed by atoms with Crippen LogP contribution in [0, 0.1) is 0 Å². The fourth-order valence-corrected chi connectivity index (χ4v) is 0.962. The van der Waals surface area contributed by atoms with Crippen molar-refractivity contribution in [2.24, 2.45) is 0 Å². The van der Waals surface area contributed by atoms with Crippen LogP contribution in [0.25, 0.3) is 0 Å². The van der Waals surface area contributed by atoms with Gasteiger partial charge in [-0.1, -0.05) is 0 Å². The Morgan fingerprint density at radius 3 is 2.50 bits per heavy atom. The summed E-state index contributed by atoms with van der Waals surface area (Å²) in [6.07, 6.45) is -4.71. The molecule has 0 spiro atoms. The van der Waals surface area contributed by atoms with Crippen LogP contribution in [0.2, 0.25) is 0 Å². The summed E-state index contributed by atoms with van der Waals surface area (Å²) in [5.41, 5.74) is 0. The molecule has 0 aliphatic carbocycles. The van der Waals surface area contributed by atoms with E-state index in [0.717, 1.165) is 0 Å². The Morgan fingerprint density at radius 1 is 1.42 bits per heavy atom. The zero-order valence-corrected chi connectivity index (χ0v) is 6.12. The lowest BCUT2D eigenvalue weighted by Crippen LogP contribution is -2.61. The maximum atomic E-state index is 10.2. The fourth-order valence-electron chi connectivity index (χ4n) is 0.962. The first-order valence-corrected chi connectivity index (χ1v) is 3.38. The Hall–Kier alpha value is -0.530. The van der Waals surface area contributed by atoms with Gasteiger partial charge in [-0.3, -0.25) is 4.79 Å². The van der Waals surface area contributed by atoms with Crippen molar-refractivity contribution >= 4 is 6.29 Å². The van der Waals surface area contributed by atoms with Crippen molar-refractivity contribution in [3.63, 3.8) is 0 Å². The number of hydrogen-bond acceptors (Lipinski definition) is 6. The van der Waals surface area contributed by atoms with E-state index in [4.69, 9.17) is 20.4 Å². The molecule has 6 nitrogen and oxygen atoms in total. The molecule has 1 fully saturated rings. The van der Waals surface area contributed by atoms with E-state index in [1.54, 1.807) is 0 Å². The van der Waals surface area contributed by atoms with Crippen LogP contribution in [0.3, 0.4) is 0 Å². The van der Waals surface area contributed by atoms with Crippen LogP contribution in [-0.2, 0) is 9.53 Å². The minimum atomic E-state index is -2.40. The Kier molecular flexibility index (Phi) is 2.45. The first-order valence-electron chi connectivity index (χ1n) is 3.38. The van der Waals surface area contributed by atoms with Crippen molar-refractivity contribution in [2.75, 3.05) is 6.61 Å². The second-order valence-corrected chi connectivity index (χ2v) is 2.68. The monoisotopic (exact) mass is 178 g/mol. The number of rotatable bonds is 1.